The molecule has 0 saturated carbocycles. The van der Waals surface area contributed by atoms with Crippen LogP contribution in [0.4, 0.5) is 27.5 Å². The van der Waals surface area contributed by atoms with Crippen LogP contribution in [0.25, 0.3) is 0 Å². The first-order chi connectivity index (χ1) is 19.8. The number of carbonyl (C=O) groups excluding carboxylic acids is 3. The van der Waals surface area contributed by atoms with E-state index in [4.69, 9.17) is 10.5 Å². The van der Waals surface area contributed by atoms with E-state index in [1.807, 2.05) is 0 Å². The van der Waals surface area contributed by atoms with Crippen LogP contribution >= 0.6 is 0 Å². The molecule has 0 fully saturated rings. The molecule has 3 amide bonds. The van der Waals surface area contributed by atoms with Crippen LogP contribution in [0.5, 0.6) is 0 Å². The maximum atomic E-state index is 12.4. The van der Waals surface area contributed by atoms with Crippen molar-refractivity contribution in [2.24, 2.45) is 16.0 Å². The van der Waals surface area contributed by atoms with Crippen LogP contribution < -0.4 is 21.7 Å². The number of amides is 3. The summed E-state index contributed by atoms with van der Waals surface area (Å²) < 4.78 is 5.03. The molecule has 0 bridgehead atoms. The summed E-state index contributed by atoms with van der Waals surface area (Å²) in [5, 5.41) is 34.6. The Labute approximate surface area is 242 Å². The van der Waals surface area contributed by atoms with Gasteiger partial charge in [0.05, 0.1) is 17.9 Å². The molecular weight excluding hydrogens is 548 g/mol. The summed E-state index contributed by atoms with van der Waals surface area (Å²) in [5.74, 6) is -3.50. The quantitative estimate of drug-likeness (QED) is 0.147. The minimum Gasteiger partial charge on any atom is -0.480 e. The van der Waals surface area contributed by atoms with Gasteiger partial charge in [-0.2, -0.15) is 10.2 Å². The summed E-state index contributed by atoms with van der Waals surface area (Å²) in [5.41, 5.74) is 6.28. The topological polar surface area (TPSA) is 222 Å². The van der Waals surface area contributed by atoms with Crippen LogP contribution in [0.15, 0.2) is 70.4 Å². The molecule has 0 radical (unpaired) electrons. The highest BCUT2D eigenvalue weighted by Crippen LogP contribution is 2.22. The molecule has 14 nitrogen and oxygen atoms in total. The predicted molar refractivity (Wildman–Crippen MR) is 154 cm³/mol. The molecule has 0 unspecified atom stereocenters. The lowest BCUT2D eigenvalue weighted by molar-refractivity contribution is -0.139. The van der Waals surface area contributed by atoms with E-state index in [1.54, 1.807) is 69.3 Å². The van der Waals surface area contributed by atoms with Crippen LogP contribution in [-0.2, 0) is 23.9 Å². The maximum absolute atomic E-state index is 12.4. The molecule has 14 heteroatoms. The standard InChI is InChI=1S/C28H34N6O8/c1-28(2,3)42-27(41)32-22(26(39)40)15-17(25(37)38)5-4-6-23(35)30-18-7-11-20(12-8-18)33-34-21-13-9-19(10-14-21)31-24(36)16-29/h5,7-14,22H,4,6,15-16,29H2,1-3H3,(H,30,35)(H,31,36)(H,32,41)(H,37,38)(H,39,40)/b17-5-,34-33+/t22-/m0/s1. The Morgan fingerprint density at radius 3 is 1.81 bits per heavy atom. The van der Waals surface area contributed by atoms with Crippen molar-refractivity contribution in [1.29, 1.82) is 0 Å². The number of alkyl carbamates (subject to hydrolysis) is 1. The number of rotatable bonds is 13. The van der Waals surface area contributed by atoms with Crippen LogP contribution in [0.2, 0.25) is 0 Å². The van der Waals surface area contributed by atoms with E-state index < -0.39 is 42.0 Å². The molecule has 0 heterocycles. The molecule has 0 aliphatic rings. The average molecular weight is 583 g/mol. The van der Waals surface area contributed by atoms with Crippen LogP contribution in [0.1, 0.15) is 40.0 Å². The second-order valence-electron chi connectivity index (χ2n) is 9.91. The van der Waals surface area contributed by atoms with Gasteiger partial charge in [0.2, 0.25) is 11.8 Å². The molecular formula is C28H34N6O8. The molecule has 7 N–H and O–H groups in total. The third-order valence-electron chi connectivity index (χ3n) is 5.22. The van der Waals surface area contributed by atoms with Gasteiger partial charge in [-0.05, 0) is 75.7 Å². The van der Waals surface area contributed by atoms with E-state index in [-0.39, 0.29) is 30.9 Å². The van der Waals surface area contributed by atoms with Gasteiger partial charge in [0.15, 0.2) is 0 Å². The summed E-state index contributed by atoms with van der Waals surface area (Å²) in [7, 11) is 0. The Hall–Kier alpha value is -5.11. The first kappa shape index (κ1) is 33.1. The zero-order chi connectivity index (χ0) is 31.3. The van der Waals surface area contributed by atoms with Gasteiger partial charge >= 0.3 is 18.0 Å². The second kappa shape index (κ2) is 15.6. The lowest BCUT2D eigenvalue weighted by atomic mass is 10.0. The fourth-order valence-electron chi connectivity index (χ4n) is 3.28. The number of carbonyl (C=O) groups is 5. The minimum absolute atomic E-state index is 0.0211. The molecule has 0 saturated heterocycles. The third-order valence-corrected chi connectivity index (χ3v) is 5.22. The van der Waals surface area contributed by atoms with E-state index in [0.29, 0.717) is 22.7 Å². The van der Waals surface area contributed by atoms with Gasteiger partial charge < -0.3 is 36.6 Å². The van der Waals surface area contributed by atoms with Crippen molar-refractivity contribution in [2.45, 2.75) is 51.7 Å². The SMILES string of the molecule is CC(C)(C)OC(=O)N[C@@H](C/C(=C/CCC(=O)Nc1ccc(/N=N/c2ccc(NC(=O)CN)cc2)cc1)C(=O)O)C(=O)O. The molecule has 1 atom stereocenters. The third kappa shape index (κ3) is 12.4. The van der Waals surface area contributed by atoms with Crippen LogP contribution in [0.3, 0.4) is 0 Å². The number of hydrogen-bond acceptors (Lipinski definition) is 9. The number of benzene rings is 2. The summed E-state index contributed by atoms with van der Waals surface area (Å²) >= 11 is 0. The van der Waals surface area contributed by atoms with Crippen molar-refractivity contribution in [1.82, 2.24) is 5.32 Å². The molecule has 42 heavy (non-hydrogen) atoms. The van der Waals surface area contributed by atoms with Crippen molar-refractivity contribution >= 4 is 52.6 Å². The number of allylic oxidation sites excluding steroid dienone is 1. The largest absolute Gasteiger partial charge is 0.480 e. The summed E-state index contributed by atoms with van der Waals surface area (Å²) in [6, 6.07) is 11.7. The van der Waals surface area contributed by atoms with Gasteiger partial charge in [0, 0.05) is 29.8 Å². The van der Waals surface area contributed by atoms with E-state index in [0.717, 1.165) is 0 Å². The average Bonchev–Trinajstić information content (AvgIpc) is 2.91. The summed E-state index contributed by atoms with van der Waals surface area (Å²) in [6.07, 6.45) is -0.298. The van der Waals surface area contributed by atoms with Crippen molar-refractivity contribution in [3.05, 3.63) is 60.2 Å². The number of ether oxygens (including phenoxy) is 1. The molecule has 0 spiro atoms. The van der Waals surface area contributed by atoms with E-state index in [2.05, 4.69) is 26.2 Å². The fraction of sp³-hybridized carbons (Fsp3) is 0.321. The number of azo groups is 1. The van der Waals surface area contributed by atoms with Crippen molar-refractivity contribution in [2.75, 3.05) is 17.2 Å². The Bertz CT molecular complexity index is 1330. The number of aliphatic carboxylic acids is 2. The number of hydrogen-bond donors (Lipinski definition) is 6. The smallest absolute Gasteiger partial charge is 0.408 e. The number of anilines is 2. The van der Waals surface area contributed by atoms with Gasteiger partial charge in [-0.15, -0.1) is 0 Å². The Kier molecular flexibility index (Phi) is 12.3. The lowest BCUT2D eigenvalue weighted by Gasteiger charge is -2.22. The first-order valence-electron chi connectivity index (χ1n) is 12.8. The van der Waals surface area contributed by atoms with Crippen molar-refractivity contribution < 1.29 is 38.9 Å². The van der Waals surface area contributed by atoms with E-state index in [9.17, 15) is 34.2 Å². The molecule has 2 aromatic carbocycles. The molecule has 0 aliphatic heterocycles. The molecule has 0 aromatic heterocycles. The van der Waals surface area contributed by atoms with Gasteiger partial charge in [0.1, 0.15) is 11.6 Å². The van der Waals surface area contributed by atoms with Crippen LogP contribution in [-0.4, -0.2) is 58.2 Å². The highest BCUT2D eigenvalue weighted by atomic mass is 16.6. The van der Waals surface area contributed by atoms with Gasteiger partial charge in [-0.3, -0.25) is 9.59 Å². The normalized spacial score (nSPS) is 12.3. The Morgan fingerprint density at radius 2 is 1.38 bits per heavy atom. The summed E-state index contributed by atoms with van der Waals surface area (Å²) in [4.78, 5) is 58.8. The predicted octanol–water partition coefficient (Wildman–Crippen LogP) is 4.10. The highest BCUT2D eigenvalue weighted by Gasteiger charge is 2.26. The van der Waals surface area contributed by atoms with Gasteiger partial charge in [0.25, 0.3) is 0 Å². The first-order valence-corrected chi connectivity index (χ1v) is 12.8. The number of carboxylic acid groups (broad SMARTS) is 2. The van der Waals surface area contributed by atoms with Crippen LogP contribution in [0, 0.1) is 0 Å². The maximum Gasteiger partial charge on any atom is 0.408 e. The molecule has 2 aromatic rings. The van der Waals surface area contributed by atoms with Crippen molar-refractivity contribution in [3.63, 3.8) is 0 Å². The summed E-state index contributed by atoms with van der Waals surface area (Å²) in [6.45, 7) is 4.69. The molecule has 0 aliphatic carbocycles. The number of nitrogens with zero attached hydrogens (tertiary/aromatic N) is 2. The van der Waals surface area contributed by atoms with Crippen molar-refractivity contribution in [3.8, 4) is 0 Å². The van der Waals surface area contributed by atoms with Gasteiger partial charge in [-0.1, -0.05) is 6.08 Å². The van der Waals surface area contributed by atoms with E-state index in [1.165, 1.54) is 6.08 Å². The monoisotopic (exact) mass is 582 g/mol. The number of nitrogens with one attached hydrogen (secondary N) is 3. The van der Waals surface area contributed by atoms with Gasteiger partial charge in [-0.25, -0.2) is 14.4 Å². The second-order valence-corrected chi connectivity index (χ2v) is 9.91. The number of carboxylic acids is 2. The number of nitrogens with two attached hydrogens (primary N) is 1. The Balaban J connectivity index is 1.90. The molecule has 224 valence electrons. The zero-order valence-electron chi connectivity index (χ0n) is 23.4. The highest BCUT2D eigenvalue weighted by molar-refractivity contribution is 5.92. The molecule has 2 rings (SSSR count). The zero-order valence-corrected chi connectivity index (χ0v) is 23.4. The Morgan fingerprint density at radius 1 is 0.881 bits per heavy atom. The lowest BCUT2D eigenvalue weighted by Crippen LogP contribution is -2.44. The minimum atomic E-state index is -1.53. The fourth-order valence-corrected chi connectivity index (χ4v) is 3.28. The van der Waals surface area contributed by atoms with E-state index >= 15 is 0 Å².